The lowest BCUT2D eigenvalue weighted by Gasteiger charge is -2.24. The second-order valence-corrected chi connectivity index (χ2v) is 5.04. The Hall–Kier alpha value is -2.33. The Bertz CT molecular complexity index is 757. The van der Waals surface area contributed by atoms with Crippen LogP contribution < -0.4 is 4.74 Å². The van der Waals surface area contributed by atoms with Gasteiger partial charge in [0.2, 0.25) is 0 Å². The van der Waals surface area contributed by atoms with E-state index in [2.05, 4.69) is 0 Å². The topological polar surface area (TPSA) is 42.6 Å². The molecule has 1 aromatic heterocycles. The van der Waals surface area contributed by atoms with E-state index < -0.39 is 11.4 Å². The van der Waals surface area contributed by atoms with Gasteiger partial charge in [0.1, 0.15) is 22.9 Å². The standard InChI is InChI=1S/C17H15FO3/c1-17(19,16-12(18)7-5-9-14(16)20-2)15-10-11-6-3-4-8-13(11)21-15/h3-10,19H,1-2H3. The molecule has 108 valence electrons. The Morgan fingerprint density at radius 2 is 1.90 bits per heavy atom. The largest absolute Gasteiger partial charge is 0.496 e. The van der Waals surface area contributed by atoms with E-state index in [9.17, 15) is 9.50 Å². The van der Waals surface area contributed by atoms with Crippen LogP contribution in [0.5, 0.6) is 5.75 Å². The van der Waals surface area contributed by atoms with Crippen LogP contribution >= 0.6 is 0 Å². The SMILES string of the molecule is COc1cccc(F)c1C(C)(O)c1cc2ccccc2o1. The van der Waals surface area contributed by atoms with Crippen molar-refractivity contribution in [3.8, 4) is 5.75 Å². The predicted molar refractivity (Wildman–Crippen MR) is 77.8 cm³/mol. The number of para-hydroxylation sites is 1. The van der Waals surface area contributed by atoms with E-state index in [4.69, 9.17) is 9.15 Å². The molecule has 21 heavy (non-hydrogen) atoms. The van der Waals surface area contributed by atoms with E-state index in [1.54, 1.807) is 18.2 Å². The van der Waals surface area contributed by atoms with Crippen molar-refractivity contribution in [3.63, 3.8) is 0 Å². The van der Waals surface area contributed by atoms with Crippen LogP contribution in [0, 0.1) is 5.82 Å². The van der Waals surface area contributed by atoms with Gasteiger partial charge in [-0.1, -0.05) is 24.3 Å². The van der Waals surface area contributed by atoms with Crippen molar-refractivity contribution < 1.29 is 18.7 Å². The van der Waals surface area contributed by atoms with Gasteiger partial charge >= 0.3 is 0 Å². The Labute approximate surface area is 121 Å². The first-order valence-corrected chi connectivity index (χ1v) is 6.58. The van der Waals surface area contributed by atoms with E-state index in [0.717, 1.165) is 5.39 Å². The third-order valence-corrected chi connectivity index (χ3v) is 3.59. The fourth-order valence-electron chi connectivity index (χ4n) is 2.49. The second kappa shape index (κ2) is 4.90. The van der Waals surface area contributed by atoms with Crippen molar-refractivity contribution in [2.45, 2.75) is 12.5 Å². The molecule has 4 heteroatoms. The van der Waals surface area contributed by atoms with E-state index in [0.29, 0.717) is 5.58 Å². The van der Waals surface area contributed by atoms with Gasteiger partial charge in [0.25, 0.3) is 0 Å². The summed E-state index contributed by atoms with van der Waals surface area (Å²) in [6.07, 6.45) is 0. The summed E-state index contributed by atoms with van der Waals surface area (Å²) in [6.45, 7) is 1.49. The van der Waals surface area contributed by atoms with Gasteiger partial charge in [0.05, 0.1) is 12.7 Å². The number of aliphatic hydroxyl groups is 1. The highest BCUT2D eigenvalue weighted by atomic mass is 19.1. The number of furan rings is 1. The minimum absolute atomic E-state index is 0.0616. The molecule has 1 unspecified atom stereocenters. The molecular formula is C17H15FO3. The summed E-state index contributed by atoms with van der Waals surface area (Å²) in [6, 6.07) is 13.5. The van der Waals surface area contributed by atoms with Crippen molar-refractivity contribution in [3.05, 3.63) is 65.7 Å². The number of halogens is 1. The van der Waals surface area contributed by atoms with Crippen molar-refractivity contribution in [2.24, 2.45) is 0 Å². The minimum Gasteiger partial charge on any atom is -0.496 e. The first-order chi connectivity index (χ1) is 10.0. The maximum Gasteiger partial charge on any atom is 0.151 e. The molecule has 0 saturated heterocycles. The van der Waals surface area contributed by atoms with E-state index in [1.807, 2.05) is 18.2 Å². The molecule has 2 aromatic carbocycles. The number of benzene rings is 2. The lowest BCUT2D eigenvalue weighted by Crippen LogP contribution is -2.24. The van der Waals surface area contributed by atoms with E-state index in [1.165, 1.54) is 26.2 Å². The quantitative estimate of drug-likeness (QED) is 0.795. The van der Waals surface area contributed by atoms with Gasteiger partial charge in [-0.15, -0.1) is 0 Å². The minimum atomic E-state index is -1.63. The number of fused-ring (bicyclic) bond motifs is 1. The number of rotatable bonds is 3. The molecule has 0 radical (unpaired) electrons. The smallest absolute Gasteiger partial charge is 0.151 e. The molecule has 0 saturated carbocycles. The second-order valence-electron chi connectivity index (χ2n) is 5.04. The van der Waals surface area contributed by atoms with Crippen LogP contribution in [0.3, 0.4) is 0 Å². The van der Waals surface area contributed by atoms with Gasteiger partial charge in [-0.3, -0.25) is 0 Å². The molecule has 3 aromatic rings. The molecule has 0 aliphatic heterocycles. The molecule has 1 atom stereocenters. The molecule has 3 nitrogen and oxygen atoms in total. The van der Waals surface area contributed by atoms with Gasteiger partial charge in [-0.05, 0) is 31.2 Å². The molecule has 0 aliphatic carbocycles. The molecule has 0 bridgehead atoms. The summed E-state index contributed by atoms with van der Waals surface area (Å²) in [5, 5.41) is 11.7. The summed E-state index contributed by atoms with van der Waals surface area (Å²) in [5.74, 6) is 0.00682. The van der Waals surface area contributed by atoms with Crippen molar-refractivity contribution in [1.82, 2.24) is 0 Å². The van der Waals surface area contributed by atoms with Crippen molar-refractivity contribution >= 4 is 11.0 Å². The fourth-order valence-corrected chi connectivity index (χ4v) is 2.49. The Morgan fingerprint density at radius 1 is 1.14 bits per heavy atom. The van der Waals surface area contributed by atoms with Crippen LogP contribution in [0.25, 0.3) is 11.0 Å². The molecule has 0 aliphatic rings. The van der Waals surface area contributed by atoms with Crippen LogP contribution in [0.2, 0.25) is 0 Å². The number of hydrogen-bond acceptors (Lipinski definition) is 3. The highest BCUT2D eigenvalue weighted by molar-refractivity contribution is 5.78. The third kappa shape index (κ3) is 2.17. The summed E-state index contributed by atoms with van der Waals surface area (Å²) < 4.78 is 25.0. The maximum atomic E-state index is 14.2. The van der Waals surface area contributed by atoms with Crippen LogP contribution in [0.4, 0.5) is 4.39 Å². The molecule has 1 heterocycles. The zero-order chi connectivity index (χ0) is 15.0. The summed E-state index contributed by atoms with van der Waals surface area (Å²) in [4.78, 5) is 0. The van der Waals surface area contributed by atoms with Gasteiger partial charge in [-0.25, -0.2) is 4.39 Å². The molecular weight excluding hydrogens is 271 g/mol. The van der Waals surface area contributed by atoms with Crippen LogP contribution in [0.1, 0.15) is 18.2 Å². The summed E-state index contributed by atoms with van der Waals surface area (Å²) in [5.41, 5.74) is -0.926. The zero-order valence-corrected chi connectivity index (χ0v) is 11.8. The summed E-state index contributed by atoms with van der Waals surface area (Å²) in [7, 11) is 1.44. The molecule has 0 amide bonds. The van der Waals surface area contributed by atoms with Crippen molar-refractivity contribution in [2.75, 3.05) is 7.11 Å². The molecule has 1 N–H and O–H groups in total. The van der Waals surface area contributed by atoms with Gasteiger partial charge in [0, 0.05) is 5.39 Å². The van der Waals surface area contributed by atoms with Crippen LogP contribution in [-0.2, 0) is 5.60 Å². The lowest BCUT2D eigenvalue weighted by atomic mass is 9.91. The highest BCUT2D eigenvalue weighted by Gasteiger charge is 2.35. The average Bonchev–Trinajstić information content (AvgIpc) is 2.91. The van der Waals surface area contributed by atoms with E-state index >= 15 is 0 Å². The Balaban J connectivity index is 2.20. The molecule has 0 spiro atoms. The number of methoxy groups -OCH3 is 1. The van der Waals surface area contributed by atoms with Crippen molar-refractivity contribution in [1.29, 1.82) is 0 Å². The number of ether oxygens (including phenoxy) is 1. The Kier molecular flexibility index (Phi) is 3.18. The first-order valence-electron chi connectivity index (χ1n) is 6.58. The monoisotopic (exact) mass is 286 g/mol. The highest BCUT2D eigenvalue weighted by Crippen LogP contribution is 2.39. The number of hydrogen-bond donors (Lipinski definition) is 1. The zero-order valence-electron chi connectivity index (χ0n) is 11.8. The van der Waals surface area contributed by atoms with E-state index in [-0.39, 0.29) is 17.1 Å². The fraction of sp³-hybridized carbons (Fsp3) is 0.176. The maximum absolute atomic E-state index is 14.2. The molecule has 3 rings (SSSR count). The van der Waals surface area contributed by atoms with Gasteiger partial charge < -0.3 is 14.3 Å². The summed E-state index contributed by atoms with van der Waals surface area (Å²) >= 11 is 0. The Morgan fingerprint density at radius 3 is 2.62 bits per heavy atom. The predicted octanol–water partition coefficient (Wildman–Crippen LogP) is 3.84. The average molecular weight is 286 g/mol. The van der Waals surface area contributed by atoms with Crippen LogP contribution in [-0.4, -0.2) is 12.2 Å². The van der Waals surface area contributed by atoms with Gasteiger partial charge in [0.15, 0.2) is 5.60 Å². The lowest BCUT2D eigenvalue weighted by molar-refractivity contribution is 0.0718. The normalized spacial score (nSPS) is 14.1. The first kappa shape index (κ1) is 13.6. The van der Waals surface area contributed by atoms with Gasteiger partial charge in [-0.2, -0.15) is 0 Å². The molecule has 0 fully saturated rings. The third-order valence-electron chi connectivity index (χ3n) is 3.59. The van der Waals surface area contributed by atoms with Crippen LogP contribution in [0.15, 0.2) is 52.9 Å².